The zero-order valence-electron chi connectivity index (χ0n) is 12.8. The number of nitrogens with one attached hydrogen (secondary N) is 2. The first-order valence-electron chi connectivity index (χ1n) is 7.69. The average Bonchev–Trinajstić information content (AvgIpc) is 2.53. The number of aliphatic hydroxyl groups excluding tert-OH is 1. The van der Waals surface area contributed by atoms with Gasteiger partial charge in [-0.25, -0.2) is 4.79 Å². The van der Waals surface area contributed by atoms with Gasteiger partial charge in [0.25, 0.3) is 0 Å². The van der Waals surface area contributed by atoms with Gasteiger partial charge in [-0.15, -0.1) is 0 Å². The Morgan fingerprint density at radius 1 is 1.48 bits per heavy atom. The van der Waals surface area contributed by atoms with Crippen molar-refractivity contribution in [3.8, 4) is 5.75 Å². The third-order valence-corrected chi connectivity index (χ3v) is 3.77. The quantitative estimate of drug-likeness (QED) is 0.605. The van der Waals surface area contributed by atoms with Gasteiger partial charge in [0.2, 0.25) is 5.91 Å². The first kappa shape index (κ1) is 17.1. The fourth-order valence-electron chi connectivity index (χ4n) is 2.50. The molecule has 23 heavy (non-hydrogen) atoms. The molecule has 0 saturated carbocycles. The Balaban J connectivity index is 1.83. The van der Waals surface area contributed by atoms with Crippen molar-refractivity contribution < 1.29 is 24.5 Å². The predicted octanol–water partition coefficient (Wildman–Crippen LogP) is 1.28. The average molecular weight is 322 g/mol. The van der Waals surface area contributed by atoms with Crippen LogP contribution in [0.25, 0.3) is 0 Å². The number of carbonyl (C=O) groups is 2. The summed E-state index contributed by atoms with van der Waals surface area (Å²) in [6.45, 7) is 1.33. The molecule has 2 atom stereocenters. The van der Waals surface area contributed by atoms with Crippen molar-refractivity contribution >= 4 is 12.0 Å². The van der Waals surface area contributed by atoms with E-state index in [1.807, 2.05) is 0 Å². The highest BCUT2D eigenvalue weighted by molar-refractivity contribution is 5.76. The number of amides is 2. The molecular formula is C16H22N2O5. The number of carbonyl (C=O) groups excluding carboxylic acids is 1. The fraction of sp³-hybridized carbons (Fsp3) is 0.500. The summed E-state index contributed by atoms with van der Waals surface area (Å²) in [4.78, 5) is 21.7. The first-order valence-corrected chi connectivity index (χ1v) is 7.69. The van der Waals surface area contributed by atoms with Gasteiger partial charge in [-0.1, -0.05) is 12.1 Å². The molecule has 2 amide bonds. The number of hydrogen-bond donors (Lipinski definition) is 4. The van der Waals surface area contributed by atoms with Gasteiger partial charge in [-0.2, -0.15) is 0 Å². The third kappa shape index (κ3) is 5.78. The predicted molar refractivity (Wildman–Crippen MR) is 83.3 cm³/mol. The molecule has 1 aromatic carbocycles. The second-order valence-electron chi connectivity index (χ2n) is 5.63. The number of carboxylic acid groups (broad SMARTS) is 1. The van der Waals surface area contributed by atoms with Crippen molar-refractivity contribution in [3.05, 3.63) is 29.8 Å². The normalized spacial score (nSPS) is 18.8. The summed E-state index contributed by atoms with van der Waals surface area (Å²) < 4.78 is 5.73. The number of rotatable bonds is 7. The van der Waals surface area contributed by atoms with Crippen molar-refractivity contribution in [2.24, 2.45) is 5.92 Å². The van der Waals surface area contributed by atoms with Crippen LogP contribution in [0.4, 0.5) is 4.79 Å². The lowest BCUT2D eigenvalue weighted by Crippen LogP contribution is -2.35. The lowest BCUT2D eigenvalue weighted by molar-refractivity contribution is -0.123. The molecule has 1 fully saturated rings. The van der Waals surface area contributed by atoms with E-state index in [9.17, 15) is 14.7 Å². The van der Waals surface area contributed by atoms with Gasteiger partial charge in [0.1, 0.15) is 5.75 Å². The molecule has 7 heteroatoms. The van der Waals surface area contributed by atoms with E-state index in [4.69, 9.17) is 9.84 Å². The summed E-state index contributed by atoms with van der Waals surface area (Å²) in [6, 6.07) is 7.10. The van der Waals surface area contributed by atoms with Gasteiger partial charge < -0.3 is 25.6 Å². The Labute approximate surface area is 134 Å². The van der Waals surface area contributed by atoms with Gasteiger partial charge in [-0.05, 0) is 30.5 Å². The van der Waals surface area contributed by atoms with Crippen LogP contribution in [-0.2, 0) is 4.79 Å². The maximum Gasteiger partial charge on any atom is 0.404 e. The van der Waals surface area contributed by atoms with Crippen LogP contribution in [0.2, 0.25) is 0 Å². The van der Waals surface area contributed by atoms with Crippen LogP contribution >= 0.6 is 0 Å². The first-order chi connectivity index (χ1) is 11.0. The van der Waals surface area contributed by atoms with E-state index < -0.39 is 12.2 Å². The van der Waals surface area contributed by atoms with Crippen molar-refractivity contribution in [2.75, 3.05) is 19.7 Å². The standard InChI is InChI=1S/C16H22N2O5/c19-14(5-7-18-16(21)22)12-2-1-3-13(9-12)23-10-11-4-6-17-15(20)8-11/h1-3,9,11,14,18-19H,4-8,10H2,(H,17,20)(H,21,22)/t11?,14-/m1/s1. The molecule has 1 unspecified atom stereocenters. The van der Waals surface area contributed by atoms with Crippen LogP contribution in [0, 0.1) is 5.92 Å². The van der Waals surface area contributed by atoms with Gasteiger partial charge in [0, 0.05) is 25.4 Å². The highest BCUT2D eigenvalue weighted by Gasteiger charge is 2.19. The summed E-state index contributed by atoms with van der Waals surface area (Å²) in [5, 5.41) is 23.6. The molecule has 0 bridgehead atoms. The van der Waals surface area contributed by atoms with Gasteiger partial charge in [0.15, 0.2) is 0 Å². The van der Waals surface area contributed by atoms with Crippen LogP contribution in [0.1, 0.15) is 30.9 Å². The molecular weight excluding hydrogens is 300 g/mol. The molecule has 1 heterocycles. The molecule has 1 aromatic rings. The minimum atomic E-state index is -1.11. The Morgan fingerprint density at radius 2 is 2.30 bits per heavy atom. The molecule has 0 aliphatic carbocycles. The lowest BCUT2D eigenvalue weighted by Gasteiger charge is -2.22. The summed E-state index contributed by atoms with van der Waals surface area (Å²) in [5.74, 6) is 0.899. The van der Waals surface area contributed by atoms with E-state index in [2.05, 4.69) is 10.6 Å². The van der Waals surface area contributed by atoms with Crippen LogP contribution in [0.5, 0.6) is 5.75 Å². The smallest absolute Gasteiger partial charge is 0.404 e. The fourth-order valence-corrected chi connectivity index (χ4v) is 2.50. The minimum Gasteiger partial charge on any atom is -0.493 e. The number of hydrogen-bond acceptors (Lipinski definition) is 4. The van der Waals surface area contributed by atoms with Gasteiger partial charge >= 0.3 is 6.09 Å². The maximum atomic E-state index is 11.3. The highest BCUT2D eigenvalue weighted by atomic mass is 16.5. The van der Waals surface area contributed by atoms with E-state index in [0.29, 0.717) is 37.3 Å². The largest absolute Gasteiger partial charge is 0.493 e. The monoisotopic (exact) mass is 322 g/mol. The maximum absolute atomic E-state index is 11.3. The number of benzene rings is 1. The van der Waals surface area contributed by atoms with Gasteiger partial charge in [0.05, 0.1) is 12.7 Å². The van der Waals surface area contributed by atoms with E-state index in [1.165, 1.54) is 0 Å². The van der Waals surface area contributed by atoms with Crippen LogP contribution < -0.4 is 15.4 Å². The molecule has 0 spiro atoms. The van der Waals surface area contributed by atoms with Crippen molar-refractivity contribution in [2.45, 2.75) is 25.4 Å². The molecule has 7 nitrogen and oxygen atoms in total. The summed E-state index contributed by atoms with van der Waals surface area (Å²) in [6.07, 6.45) is -0.201. The molecule has 1 saturated heterocycles. The van der Waals surface area contributed by atoms with E-state index >= 15 is 0 Å². The second kappa shape index (κ2) is 8.38. The molecule has 0 aromatic heterocycles. The van der Waals surface area contributed by atoms with Crippen molar-refractivity contribution in [3.63, 3.8) is 0 Å². The minimum absolute atomic E-state index is 0.0555. The Bertz CT molecular complexity index is 549. The lowest BCUT2D eigenvalue weighted by atomic mass is 9.99. The summed E-state index contributed by atoms with van der Waals surface area (Å²) in [7, 11) is 0. The molecule has 2 rings (SSSR count). The molecule has 0 radical (unpaired) electrons. The summed E-state index contributed by atoms with van der Waals surface area (Å²) >= 11 is 0. The molecule has 4 N–H and O–H groups in total. The highest BCUT2D eigenvalue weighted by Crippen LogP contribution is 2.22. The number of ether oxygens (including phenoxy) is 1. The SMILES string of the molecule is O=C(O)NCC[C@@H](O)c1cccc(OCC2CCNC(=O)C2)c1. The van der Waals surface area contributed by atoms with E-state index in [-0.39, 0.29) is 18.4 Å². The zero-order chi connectivity index (χ0) is 16.7. The van der Waals surface area contributed by atoms with Crippen LogP contribution in [-0.4, -0.2) is 41.9 Å². The topological polar surface area (TPSA) is 108 Å². The zero-order valence-corrected chi connectivity index (χ0v) is 12.8. The van der Waals surface area contributed by atoms with Crippen molar-refractivity contribution in [1.82, 2.24) is 10.6 Å². The molecule has 126 valence electrons. The van der Waals surface area contributed by atoms with E-state index in [0.717, 1.165) is 6.42 Å². The Kier molecular flexibility index (Phi) is 6.22. The van der Waals surface area contributed by atoms with E-state index in [1.54, 1.807) is 24.3 Å². The summed E-state index contributed by atoms with van der Waals surface area (Å²) in [5.41, 5.74) is 0.677. The molecule has 1 aliphatic heterocycles. The van der Waals surface area contributed by atoms with Gasteiger partial charge in [-0.3, -0.25) is 4.79 Å². The van der Waals surface area contributed by atoms with Crippen molar-refractivity contribution in [1.29, 1.82) is 0 Å². The molecule has 1 aliphatic rings. The number of piperidine rings is 1. The second-order valence-corrected chi connectivity index (χ2v) is 5.63. The number of aliphatic hydroxyl groups is 1. The third-order valence-electron chi connectivity index (χ3n) is 3.77. The van der Waals surface area contributed by atoms with Crippen LogP contribution in [0.3, 0.4) is 0 Å². The van der Waals surface area contributed by atoms with Crippen LogP contribution in [0.15, 0.2) is 24.3 Å². The Morgan fingerprint density at radius 3 is 3.04 bits per heavy atom. The Hall–Kier alpha value is -2.28.